The number of phenols is 1. The zero-order chi connectivity index (χ0) is 18.2. The maximum absolute atomic E-state index is 12.0. The van der Waals surface area contributed by atoms with Crippen LogP contribution in [0, 0.1) is 0 Å². The van der Waals surface area contributed by atoms with Gasteiger partial charge in [-0.15, -0.1) is 0 Å². The predicted molar refractivity (Wildman–Crippen MR) is 94.8 cm³/mol. The highest BCUT2D eigenvalue weighted by Gasteiger charge is 2.10. The molecule has 130 valence electrons. The van der Waals surface area contributed by atoms with Gasteiger partial charge in [0, 0.05) is 4.47 Å². The third-order valence-electron chi connectivity index (χ3n) is 3.05. The Kier molecular flexibility index (Phi) is 6.53. The molecule has 0 radical (unpaired) electrons. The first-order valence-electron chi connectivity index (χ1n) is 7.11. The van der Waals surface area contributed by atoms with Crippen molar-refractivity contribution in [3.8, 4) is 11.5 Å². The second kappa shape index (κ2) is 8.84. The fourth-order valence-corrected chi connectivity index (χ4v) is 2.13. The highest BCUT2D eigenvalue weighted by molar-refractivity contribution is 9.10. The van der Waals surface area contributed by atoms with E-state index in [0.29, 0.717) is 15.8 Å². The molecule has 0 saturated heterocycles. The highest BCUT2D eigenvalue weighted by atomic mass is 79.9. The predicted octanol–water partition coefficient (Wildman–Crippen LogP) is 2.47. The number of carbonyl (C=O) groups is 2. The number of hydrogen-bond donors (Lipinski definition) is 2. The number of benzene rings is 2. The second-order valence-electron chi connectivity index (χ2n) is 4.79. The molecule has 0 spiro atoms. The van der Waals surface area contributed by atoms with Crippen LogP contribution in [0.3, 0.4) is 0 Å². The van der Waals surface area contributed by atoms with Crippen molar-refractivity contribution in [2.75, 3.05) is 13.7 Å². The Morgan fingerprint density at radius 1 is 1.24 bits per heavy atom. The van der Waals surface area contributed by atoms with Gasteiger partial charge in [-0.2, -0.15) is 5.10 Å². The Balaban J connectivity index is 1.92. The molecule has 0 heterocycles. The molecular weight excluding hydrogens is 392 g/mol. The smallest absolute Gasteiger partial charge is 0.343 e. The lowest BCUT2D eigenvalue weighted by Gasteiger charge is -2.05. The van der Waals surface area contributed by atoms with Crippen LogP contribution in [0.1, 0.15) is 15.9 Å². The van der Waals surface area contributed by atoms with Gasteiger partial charge in [0.1, 0.15) is 11.5 Å². The number of amides is 1. The van der Waals surface area contributed by atoms with Crippen molar-refractivity contribution in [3.05, 3.63) is 58.1 Å². The van der Waals surface area contributed by atoms with E-state index in [4.69, 9.17) is 4.74 Å². The highest BCUT2D eigenvalue weighted by Crippen LogP contribution is 2.21. The monoisotopic (exact) mass is 406 g/mol. The number of hydrazone groups is 1. The largest absolute Gasteiger partial charge is 0.507 e. The van der Waals surface area contributed by atoms with Gasteiger partial charge < -0.3 is 14.6 Å². The van der Waals surface area contributed by atoms with Gasteiger partial charge in [0.15, 0.2) is 6.61 Å². The standard InChI is InChI=1S/C17H15BrN2O5/c1-24-16(22)10-25-13-5-2-11(3-6-13)9-19-20-17(23)14-8-12(18)4-7-15(14)21/h2-9,21H,10H2,1H3,(H,20,23)/b19-9-. The molecule has 2 rings (SSSR count). The molecule has 0 unspecified atom stereocenters. The summed E-state index contributed by atoms with van der Waals surface area (Å²) in [6.45, 7) is -0.171. The molecule has 1 amide bonds. The molecule has 2 aromatic carbocycles. The van der Waals surface area contributed by atoms with Crippen LogP contribution in [0.4, 0.5) is 0 Å². The van der Waals surface area contributed by atoms with Crippen LogP contribution < -0.4 is 10.2 Å². The van der Waals surface area contributed by atoms with Crippen LogP contribution >= 0.6 is 15.9 Å². The van der Waals surface area contributed by atoms with Gasteiger partial charge in [0.25, 0.3) is 5.91 Å². The summed E-state index contributed by atoms with van der Waals surface area (Å²) in [6.07, 6.45) is 1.44. The van der Waals surface area contributed by atoms with Gasteiger partial charge in [-0.25, -0.2) is 10.2 Å². The molecule has 0 saturated carbocycles. The number of ether oxygens (including phenoxy) is 2. The summed E-state index contributed by atoms with van der Waals surface area (Å²) in [5.74, 6) is -0.633. The van der Waals surface area contributed by atoms with E-state index in [1.54, 1.807) is 30.3 Å². The van der Waals surface area contributed by atoms with E-state index in [0.717, 1.165) is 0 Å². The lowest BCUT2D eigenvalue weighted by atomic mass is 10.2. The SMILES string of the molecule is COC(=O)COc1ccc(/C=N\NC(=O)c2cc(Br)ccc2O)cc1. The first kappa shape index (κ1) is 18.5. The minimum absolute atomic E-state index is 0.109. The number of aromatic hydroxyl groups is 1. The third-order valence-corrected chi connectivity index (χ3v) is 3.54. The number of rotatable bonds is 6. The average molecular weight is 407 g/mol. The van der Waals surface area contributed by atoms with Crippen LogP contribution in [0.5, 0.6) is 11.5 Å². The maximum Gasteiger partial charge on any atom is 0.343 e. The Morgan fingerprint density at radius 3 is 2.64 bits per heavy atom. The molecule has 25 heavy (non-hydrogen) atoms. The molecule has 0 fully saturated rings. The number of halogens is 1. The fourth-order valence-electron chi connectivity index (χ4n) is 1.77. The Hall–Kier alpha value is -2.87. The Morgan fingerprint density at radius 2 is 1.96 bits per heavy atom. The number of carbonyl (C=O) groups excluding carboxylic acids is 2. The molecule has 0 aliphatic rings. The minimum atomic E-state index is -0.534. The Bertz CT molecular complexity index is 790. The molecule has 0 bridgehead atoms. The molecule has 7 nitrogen and oxygen atoms in total. The quantitative estimate of drug-likeness (QED) is 0.436. The summed E-state index contributed by atoms with van der Waals surface area (Å²) >= 11 is 3.23. The lowest BCUT2D eigenvalue weighted by molar-refractivity contribution is -0.142. The summed E-state index contributed by atoms with van der Waals surface area (Å²) in [4.78, 5) is 23.0. The summed E-state index contributed by atoms with van der Waals surface area (Å²) in [7, 11) is 1.29. The molecule has 0 atom stereocenters. The van der Waals surface area contributed by atoms with Crippen molar-refractivity contribution >= 4 is 34.0 Å². The van der Waals surface area contributed by atoms with Crippen molar-refractivity contribution in [3.63, 3.8) is 0 Å². The Labute approximate surface area is 152 Å². The first-order chi connectivity index (χ1) is 12.0. The van der Waals surface area contributed by atoms with Crippen LogP contribution in [0.2, 0.25) is 0 Å². The number of nitrogens with zero attached hydrogens (tertiary/aromatic N) is 1. The zero-order valence-corrected chi connectivity index (χ0v) is 14.8. The van der Waals surface area contributed by atoms with E-state index in [1.165, 1.54) is 25.5 Å². The number of nitrogens with one attached hydrogen (secondary N) is 1. The third kappa shape index (κ3) is 5.61. The summed E-state index contributed by atoms with van der Waals surface area (Å²) in [6, 6.07) is 11.3. The first-order valence-corrected chi connectivity index (χ1v) is 7.90. The van der Waals surface area contributed by atoms with Gasteiger partial charge in [-0.05, 0) is 48.0 Å². The van der Waals surface area contributed by atoms with Gasteiger partial charge in [0.05, 0.1) is 18.9 Å². The van der Waals surface area contributed by atoms with Gasteiger partial charge in [0.2, 0.25) is 0 Å². The molecule has 8 heteroatoms. The van der Waals surface area contributed by atoms with E-state index in [1.807, 2.05) is 0 Å². The van der Waals surface area contributed by atoms with E-state index >= 15 is 0 Å². The van der Waals surface area contributed by atoms with Gasteiger partial charge in [-0.1, -0.05) is 15.9 Å². The van der Waals surface area contributed by atoms with Crippen molar-refractivity contribution in [1.29, 1.82) is 0 Å². The lowest BCUT2D eigenvalue weighted by Crippen LogP contribution is -2.17. The van der Waals surface area contributed by atoms with Gasteiger partial charge >= 0.3 is 5.97 Å². The van der Waals surface area contributed by atoms with Crippen LogP contribution in [-0.4, -0.2) is 36.9 Å². The van der Waals surface area contributed by atoms with E-state index in [2.05, 4.69) is 31.2 Å². The summed E-state index contributed by atoms with van der Waals surface area (Å²) < 4.78 is 10.4. The second-order valence-corrected chi connectivity index (χ2v) is 5.71. The van der Waals surface area contributed by atoms with Crippen molar-refractivity contribution in [1.82, 2.24) is 5.43 Å². The molecule has 0 aromatic heterocycles. The molecule has 0 aliphatic heterocycles. The zero-order valence-electron chi connectivity index (χ0n) is 13.2. The molecule has 0 aliphatic carbocycles. The average Bonchev–Trinajstić information content (AvgIpc) is 2.62. The van der Waals surface area contributed by atoms with E-state index in [9.17, 15) is 14.7 Å². The van der Waals surface area contributed by atoms with Crippen molar-refractivity contribution in [2.45, 2.75) is 0 Å². The summed E-state index contributed by atoms with van der Waals surface area (Å²) in [5, 5.41) is 13.5. The molecule has 2 aromatic rings. The number of phenolic OH excluding ortho intramolecular Hbond substituents is 1. The van der Waals surface area contributed by atoms with E-state index < -0.39 is 11.9 Å². The van der Waals surface area contributed by atoms with Gasteiger partial charge in [-0.3, -0.25) is 4.79 Å². The fraction of sp³-hybridized carbons (Fsp3) is 0.118. The van der Waals surface area contributed by atoms with Crippen molar-refractivity contribution in [2.24, 2.45) is 5.10 Å². The van der Waals surface area contributed by atoms with Crippen molar-refractivity contribution < 1.29 is 24.2 Å². The number of esters is 1. The van der Waals surface area contributed by atoms with E-state index in [-0.39, 0.29) is 17.9 Å². The van der Waals surface area contributed by atoms with Crippen LogP contribution in [-0.2, 0) is 9.53 Å². The minimum Gasteiger partial charge on any atom is -0.507 e. The molecule has 2 N–H and O–H groups in total. The number of hydrogen-bond acceptors (Lipinski definition) is 6. The van der Waals surface area contributed by atoms with Crippen LogP contribution in [0.25, 0.3) is 0 Å². The summed E-state index contributed by atoms with van der Waals surface area (Å²) in [5.41, 5.74) is 3.16. The topological polar surface area (TPSA) is 97.2 Å². The van der Waals surface area contributed by atoms with Crippen LogP contribution in [0.15, 0.2) is 52.0 Å². The maximum atomic E-state index is 12.0. The molecular formula is C17H15BrN2O5. The number of methoxy groups -OCH3 is 1. The normalized spacial score (nSPS) is 10.5.